The van der Waals surface area contributed by atoms with Gasteiger partial charge < -0.3 is 14.6 Å². The summed E-state index contributed by atoms with van der Waals surface area (Å²) >= 11 is 1.58. The zero-order chi connectivity index (χ0) is 17.1. The van der Waals surface area contributed by atoms with Gasteiger partial charge in [0.05, 0.1) is 4.88 Å². The lowest BCUT2D eigenvalue weighted by molar-refractivity contribution is 0.0947. The zero-order valence-corrected chi connectivity index (χ0v) is 14.7. The van der Waals surface area contributed by atoms with Gasteiger partial charge in [-0.05, 0) is 36.8 Å². The van der Waals surface area contributed by atoms with Crippen molar-refractivity contribution in [2.45, 2.75) is 13.5 Å². The monoisotopic (exact) mass is 341 g/mol. The van der Waals surface area contributed by atoms with Crippen molar-refractivity contribution in [3.05, 3.63) is 58.9 Å². The second kappa shape index (κ2) is 6.88. The summed E-state index contributed by atoms with van der Waals surface area (Å²) < 4.78 is 5.41. The van der Waals surface area contributed by atoms with E-state index in [1.807, 2.05) is 62.3 Å². The molecule has 3 aromatic rings. The lowest BCUT2D eigenvalue weighted by Crippen LogP contribution is -2.23. The lowest BCUT2D eigenvalue weighted by atomic mass is 10.2. The van der Waals surface area contributed by atoms with Gasteiger partial charge >= 0.3 is 0 Å². The number of benzene rings is 1. The van der Waals surface area contributed by atoms with Gasteiger partial charge in [0.1, 0.15) is 0 Å². The van der Waals surface area contributed by atoms with E-state index in [1.165, 1.54) is 6.39 Å². The van der Waals surface area contributed by atoms with E-state index in [-0.39, 0.29) is 5.91 Å². The Bertz CT molecular complexity index is 834. The van der Waals surface area contributed by atoms with Gasteiger partial charge in [-0.25, -0.2) is 4.98 Å². The van der Waals surface area contributed by atoms with Crippen LogP contribution in [0.2, 0.25) is 0 Å². The number of hydrogen-bond acceptors (Lipinski definition) is 5. The molecule has 0 spiro atoms. The summed E-state index contributed by atoms with van der Waals surface area (Å²) in [5.41, 5.74) is 2.48. The third kappa shape index (κ3) is 3.49. The van der Waals surface area contributed by atoms with E-state index in [4.69, 9.17) is 4.42 Å². The van der Waals surface area contributed by atoms with E-state index in [0.29, 0.717) is 18.0 Å². The molecular formula is C18H19N3O2S. The Kier molecular flexibility index (Phi) is 4.66. The van der Waals surface area contributed by atoms with E-state index in [9.17, 15) is 4.79 Å². The van der Waals surface area contributed by atoms with Crippen LogP contribution in [-0.2, 0) is 6.54 Å². The predicted molar refractivity (Wildman–Crippen MR) is 96.5 cm³/mol. The molecule has 5 nitrogen and oxygen atoms in total. The van der Waals surface area contributed by atoms with Crippen LogP contribution in [0.15, 0.2) is 47.2 Å². The van der Waals surface area contributed by atoms with Gasteiger partial charge in [0.15, 0.2) is 17.8 Å². The fraction of sp³-hybridized carbons (Fsp3) is 0.222. The molecule has 0 radical (unpaired) electrons. The molecule has 0 unspecified atom stereocenters. The number of aryl methyl sites for hydroxylation is 1. The van der Waals surface area contributed by atoms with Crippen molar-refractivity contribution in [1.82, 2.24) is 10.3 Å². The second-order valence-electron chi connectivity index (χ2n) is 5.68. The molecule has 0 atom stereocenters. The summed E-state index contributed by atoms with van der Waals surface area (Å²) in [6.45, 7) is 2.46. The number of nitrogens with one attached hydrogen (secondary N) is 1. The summed E-state index contributed by atoms with van der Waals surface area (Å²) in [7, 11) is 3.99. The SMILES string of the molecule is Cc1ccc(-c2ocnc2C(=O)NCc2ccc(N(C)C)cc2)s1. The predicted octanol–water partition coefficient (Wildman–Crippen LogP) is 3.71. The van der Waals surface area contributed by atoms with Crippen molar-refractivity contribution >= 4 is 22.9 Å². The first kappa shape index (κ1) is 16.3. The number of aromatic nitrogens is 1. The molecule has 1 aromatic carbocycles. The van der Waals surface area contributed by atoms with Gasteiger partial charge in [-0.3, -0.25) is 4.79 Å². The molecule has 0 fully saturated rings. The third-order valence-electron chi connectivity index (χ3n) is 3.65. The van der Waals surface area contributed by atoms with Crippen LogP contribution in [0.3, 0.4) is 0 Å². The van der Waals surface area contributed by atoms with E-state index in [0.717, 1.165) is 21.0 Å². The fourth-order valence-corrected chi connectivity index (χ4v) is 3.17. The molecule has 2 heterocycles. The van der Waals surface area contributed by atoms with E-state index in [2.05, 4.69) is 10.3 Å². The molecule has 0 aliphatic rings. The van der Waals surface area contributed by atoms with Crippen LogP contribution in [0.1, 0.15) is 20.9 Å². The van der Waals surface area contributed by atoms with Crippen LogP contribution in [0.25, 0.3) is 10.6 Å². The van der Waals surface area contributed by atoms with Gasteiger partial charge in [-0.2, -0.15) is 0 Å². The molecule has 3 rings (SSSR count). The highest BCUT2D eigenvalue weighted by Crippen LogP contribution is 2.30. The molecule has 0 aliphatic heterocycles. The van der Waals surface area contributed by atoms with Crippen LogP contribution in [-0.4, -0.2) is 25.0 Å². The number of hydrogen-bond donors (Lipinski definition) is 1. The number of carbonyl (C=O) groups excluding carboxylic acids is 1. The Morgan fingerprint density at radius 3 is 2.58 bits per heavy atom. The number of thiophene rings is 1. The molecular weight excluding hydrogens is 322 g/mol. The van der Waals surface area contributed by atoms with Crippen molar-refractivity contribution in [3.8, 4) is 10.6 Å². The molecule has 2 aromatic heterocycles. The van der Waals surface area contributed by atoms with Gasteiger partial charge in [0.25, 0.3) is 5.91 Å². The number of rotatable bonds is 5. The van der Waals surface area contributed by atoms with E-state index < -0.39 is 0 Å². The summed E-state index contributed by atoms with van der Waals surface area (Å²) in [4.78, 5) is 20.6. The number of amides is 1. The average molecular weight is 341 g/mol. The molecule has 6 heteroatoms. The van der Waals surface area contributed by atoms with Gasteiger partial charge in [0, 0.05) is 31.2 Å². The highest BCUT2D eigenvalue weighted by Gasteiger charge is 2.19. The molecule has 0 bridgehead atoms. The van der Waals surface area contributed by atoms with Crippen LogP contribution in [0.5, 0.6) is 0 Å². The Labute approximate surface area is 144 Å². The van der Waals surface area contributed by atoms with Crippen molar-refractivity contribution in [2.24, 2.45) is 0 Å². The van der Waals surface area contributed by atoms with Crippen molar-refractivity contribution in [3.63, 3.8) is 0 Å². The molecule has 0 saturated heterocycles. The standard InChI is InChI=1S/C18H19N3O2S/c1-12-4-9-15(24-12)17-16(20-11-23-17)18(22)19-10-13-5-7-14(8-6-13)21(2)3/h4-9,11H,10H2,1-3H3,(H,19,22). The van der Waals surface area contributed by atoms with E-state index >= 15 is 0 Å². The average Bonchev–Trinajstić information content (AvgIpc) is 3.21. The molecule has 1 amide bonds. The first-order chi connectivity index (χ1) is 11.5. The fourth-order valence-electron chi connectivity index (χ4n) is 2.32. The topological polar surface area (TPSA) is 58.4 Å². The molecule has 24 heavy (non-hydrogen) atoms. The first-order valence-electron chi connectivity index (χ1n) is 7.59. The smallest absolute Gasteiger partial charge is 0.274 e. The maximum Gasteiger partial charge on any atom is 0.274 e. The summed E-state index contributed by atoms with van der Waals surface area (Å²) in [6, 6.07) is 12.0. The van der Waals surface area contributed by atoms with Crippen LogP contribution in [0, 0.1) is 6.92 Å². The van der Waals surface area contributed by atoms with Gasteiger partial charge in [-0.15, -0.1) is 11.3 Å². The zero-order valence-electron chi connectivity index (χ0n) is 13.9. The Morgan fingerprint density at radius 1 is 1.21 bits per heavy atom. The number of carbonyl (C=O) groups is 1. The number of oxazole rings is 1. The normalized spacial score (nSPS) is 10.6. The largest absolute Gasteiger partial charge is 0.442 e. The van der Waals surface area contributed by atoms with Gasteiger partial charge in [-0.1, -0.05) is 12.1 Å². The number of anilines is 1. The number of nitrogens with zero attached hydrogens (tertiary/aromatic N) is 2. The Hall–Kier alpha value is -2.60. The molecule has 0 saturated carbocycles. The van der Waals surface area contributed by atoms with Crippen molar-refractivity contribution in [1.29, 1.82) is 0 Å². The van der Waals surface area contributed by atoms with Crippen LogP contribution < -0.4 is 10.2 Å². The first-order valence-corrected chi connectivity index (χ1v) is 8.41. The maximum absolute atomic E-state index is 12.4. The minimum atomic E-state index is -0.235. The summed E-state index contributed by atoms with van der Waals surface area (Å²) in [6.07, 6.45) is 1.31. The Balaban J connectivity index is 1.69. The molecule has 0 aliphatic carbocycles. The molecule has 1 N–H and O–H groups in total. The highest BCUT2D eigenvalue weighted by atomic mass is 32.1. The van der Waals surface area contributed by atoms with Crippen molar-refractivity contribution < 1.29 is 9.21 Å². The minimum Gasteiger partial charge on any atom is -0.442 e. The maximum atomic E-state index is 12.4. The summed E-state index contributed by atoms with van der Waals surface area (Å²) in [5, 5.41) is 2.90. The Morgan fingerprint density at radius 2 is 1.96 bits per heavy atom. The third-order valence-corrected chi connectivity index (χ3v) is 4.65. The lowest BCUT2D eigenvalue weighted by Gasteiger charge is -2.12. The summed E-state index contributed by atoms with van der Waals surface area (Å²) in [5.74, 6) is 0.287. The quantitative estimate of drug-likeness (QED) is 0.768. The molecule has 124 valence electrons. The highest BCUT2D eigenvalue weighted by molar-refractivity contribution is 7.15. The van der Waals surface area contributed by atoms with Crippen molar-refractivity contribution in [2.75, 3.05) is 19.0 Å². The van der Waals surface area contributed by atoms with Gasteiger partial charge in [0.2, 0.25) is 0 Å². The van der Waals surface area contributed by atoms with Crippen LogP contribution in [0.4, 0.5) is 5.69 Å². The van der Waals surface area contributed by atoms with Crippen LogP contribution >= 0.6 is 11.3 Å². The van der Waals surface area contributed by atoms with E-state index in [1.54, 1.807) is 11.3 Å². The minimum absolute atomic E-state index is 0.235. The second-order valence-corrected chi connectivity index (χ2v) is 6.97.